The fourth-order valence-electron chi connectivity index (χ4n) is 5.65. The molecule has 28 heavy (non-hydrogen) atoms. The number of nitrogens with zero attached hydrogens (tertiary/aromatic N) is 1. The van der Waals surface area contributed by atoms with Crippen LogP contribution in [0.5, 0.6) is 0 Å². The molecule has 2 amide bonds. The van der Waals surface area contributed by atoms with Gasteiger partial charge in [-0.15, -0.1) is 0 Å². The monoisotopic (exact) mass is 384 g/mol. The van der Waals surface area contributed by atoms with Crippen LogP contribution in [0.3, 0.4) is 0 Å². The summed E-state index contributed by atoms with van der Waals surface area (Å²) in [5.74, 6) is 2.76. The lowest BCUT2D eigenvalue weighted by Gasteiger charge is -2.33. The van der Waals surface area contributed by atoms with Crippen LogP contribution in [0.4, 0.5) is 5.69 Å². The zero-order valence-electron chi connectivity index (χ0n) is 17.3. The fraction of sp³-hybridized carbons (Fsp3) is 0.652. The molecule has 1 aromatic rings. The zero-order valence-corrected chi connectivity index (χ0v) is 17.3. The van der Waals surface area contributed by atoms with Crippen LogP contribution in [-0.2, 0) is 9.59 Å². The van der Waals surface area contributed by atoms with E-state index in [4.69, 9.17) is 0 Å². The number of nitrogens with one attached hydrogen (secondary N) is 2. The minimum absolute atomic E-state index is 0.0640. The summed E-state index contributed by atoms with van der Waals surface area (Å²) in [5, 5.41) is 3.08. The van der Waals surface area contributed by atoms with E-state index in [0.717, 1.165) is 61.2 Å². The third kappa shape index (κ3) is 4.24. The molecule has 5 heteroatoms. The number of rotatable bonds is 5. The van der Waals surface area contributed by atoms with Crippen LogP contribution in [0.25, 0.3) is 0 Å². The van der Waals surface area contributed by atoms with E-state index in [-0.39, 0.29) is 5.91 Å². The Hall–Kier alpha value is -1.88. The van der Waals surface area contributed by atoms with Crippen molar-refractivity contribution >= 4 is 17.5 Å². The van der Waals surface area contributed by atoms with Gasteiger partial charge in [0.1, 0.15) is 0 Å². The molecule has 2 bridgehead atoms. The van der Waals surface area contributed by atoms with Crippen molar-refractivity contribution in [2.45, 2.75) is 46.0 Å². The number of piperazine rings is 1. The predicted molar refractivity (Wildman–Crippen MR) is 110 cm³/mol. The van der Waals surface area contributed by atoms with Gasteiger partial charge >= 0.3 is 0 Å². The second kappa shape index (κ2) is 8.24. The first-order chi connectivity index (χ1) is 13.5. The second-order valence-electron chi connectivity index (χ2n) is 9.26. The zero-order chi connectivity index (χ0) is 19.7. The molecule has 3 atom stereocenters. The van der Waals surface area contributed by atoms with Crippen LogP contribution >= 0.6 is 0 Å². The molecule has 2 aliphatic carbocycles. The molecule has 2 saturated carbocycles. The molecule has 152 valence electrons. The van der Waals surface area contributed by atoms with Crippen LogP contribution in [0.2, 0.25) is 0 Å². The van der Waals surface area contributed by atoms with E-state index in [9.17, 15) is 9.59 Å². The first kappa shape index (κ1) is 19.4. The largest absolute Gasteiger partial charge is 0.331 e. The molecular weight excluding hydrogens is 350 g/mol. The number of para-hydroxylation sites is 1. The molecule has 2 N–H and O–H groups in total. The molecule has 4 rings (SSSR count). The number of carbonyl (C=O) groups is 2. The van der Waals surface area contributed by atoms with E-state index in [1.807, 2.05) is 36.9 Å². The summed E-state index contributed by atoms with van der Waals surface area (Å²) in [6, 6.07) is 6.06. The van der Waals surface area contributed by atoms with Crippen LogP contribution in [0.15, 0.2) is 18.2 Å². The molecule has 1 aliphatic heterocycles. The Bertz CT molecular complexity index is 719. The Labute approximate surface area is 168 Å². The second-order valence-corrected chi connectivity index (χ2v) is 9.26. The van der Waals surface area contributed by atoms with Gasteiger partial charge in [-0.3, -0.25) is 9.59 Å². The van der Waals surface area contributed by atoms with E-state index in [1.165, 1.54) is 30.6 Å². The van der Waals surface area contributed by atoms with Gasteiger partial charge in [0.2, 0.25) is 5.91 Å². The molecule has 0 unspecified atom stereocenters. The highest BCUT2D eigenvalue weighted by Crippen LogP contribution is 2.49. The van der Waals surface area contributed by atoms with E-state index < -0.39 is 0 Å². The number of anilines is 1. The summed E-state index contributed by atoms with van der Waals surface area (Å²) in [6.45, 7) is 7.82. The molecule has 1 aromatic carbocycles. The van der Waals surface area contributed by atoms with Crippen molar-refractivity contribution in [3.8, 4) is 0 Å². The summed E-state index contributed by atoms with van der Waals surface area (Å²) in [4.78, 5) is 28.5. The molecular formula is C23H34N3O2+. The average Bonchev–Trinajstić information content (AvgIpc) is 3.28. The third-order valence-electron chi connectivity index (χ3n) is 7.30. The van der Waals surface area contributed by atoms with Crippen molar-refractivity contribution in [3.63, 3.8) is 0 Å². The highest BCUT2D eigenvalue weighted by Gasteiger charge is 2.41. The topological polar surface area (TPSA) is 53.9 Å². The minimum Gasteiger partial charge on any atom is -0.331 e. The lowest BCUT2D eigenvalue weighted by Crippen LogP contribution is -3.15. The van der Waals surface area contributed by atoms with Gasteiger partial charge in [0.15, 0.2) is 6.54 Å². The van der Waals surface area contributed by atoms with E-state index >= 15 is 0 Å². The maximum Gasteiger partial charge on any atom is 0.279 e. The van der Waals surface area contributed by atoms with Gasteiger partial charge in [-0.25, -0.2) is 0 Å². The number of quaternary nitrogens is 1. The van der Waals surface area contributed by atoms with Gasteiger partial charge in [-0.05, 0) is 62.0 Å². The molecule has 0 spiro atoms. The van der Waals surface area contributed by atoms with E-state index in [2.05, 4.69) is 5.32 Å². The Morgan fingerprint density at radius 2 is 1.82 bits per heavy atom. The number of benzene rings is 1. The molecule has 0 radical (unpaired) electrons. The van der Waals surface area contributed by atoms with Crippen molar-refractivity contribution < 1.29 is 14.5 Å². The Kier molecular flexibility index (Phi) is 5.72. The van der Waals surface area contributed by atoms with Crippen LogP contribution in [-0.4, -0.2) is 49.4 Å². The Balaban J connectivity index is 1.22. The van der Waals surface area contributed by atoms with Gasteiger partial charge < -0.3 is 15.1 Å². The van der Waals surface area contributed by atoms with Crippen molar-refractivity contribution in [1.82, 2.24) is 4.90 Å². The van der Waals surface area contributed by atoms with Crippen molar-refractivity contribution in [2.75, 3.05) is 38.0 Å². The highest BCUT2D eigenvalue weighted by molar-refractivity contribution is 5.93. The fourth-order valence-corrected chi connectivity index (χ4v) is 5.65. The predicted octanol–water partition coefficient (Wildman–Crippen LogP) is 1.80. The lowest BCUT2D eigenvalue weighted by atomic mass is 9.86. The van der Waals surface area contributed by atoms with Crippen LogP contribution < -0.4 is 10.2 Å². The number of aryl methyl sites for hydroxylation is 2. The quantitative estimate of drug-likeness (QED) is 0.813. The molecule has 3 fully saturated rings. The van der Waals surface area contributed by atoms with E-state index in [1.54, 1.807) is 0 Å². The van der Waals surface area contributed by atoms with E-state index in [0.29, 0.717) is 18.4 Å². The normalized spacial score (nSPS) is 27.2. The van der Waals surface area contributed by atoms with Crippen LogP contribution in [0, 0.1) is 31.6 Å². The summed E-state index contributed by atoms with van der Waals surface area (Å²) in [7, 11) is 0. The lowest BCUT2D eigenvalue weighted by molar-refractivity contribution is -0.895. The summed E-state index contributed by atoms with van der Waals surface area (Å²) < 4.78 is 0. The first-order valence-electron chi connectivity index (χ1n) is 11.0. The Morgan fingerprint density at radius 1 is 1.11 bits per heavy atom. The van der Waals surface area contributed by atoms with Gasteiger partial charge in [0.25, 0.3) is 5.91 Å². The maximum atomic E-state index is 12.7. The molecule has 3 aliphatic rings. The number of carbonyl (C=O) groups excluding carboxylic acids is 2. The van der Waals surface area contributed by atoms with Gasteiger partial charge in [0.05, 0.1) is 26.2 Å². The summed E-state index contributed by atoms with van der Waals surface area (Å²) in [5.41, 5.74) is 3.13. The first-order valence-corrected chi connectivity index (χ1v) is 11.0. The number of amides is 2. The number of hydrogen-bond acceptors (Lipinski definition) is 2. The minimum atomic E-state index is 0.0640. The standard InChI is InChI=1S/C23H33N3O2/c1-16-4-3-5-17(2)23(16)24-21(27)15-25-8-10-26(11-9-25)22(28)14-20-13-18-6-7-19(20)12-18/h3-5,18-20H,6-15H2,1-2H3,(H,24,27)/p+1/t18-,19+,20-/m0/s1. The van der Waals surface area contributed by atoms with Gasteiger partial charge in [-0.2, -0.15) is 0 Å². The smallest absolute Gasteiger partial charge is 0.279 e. The van der Waals surface area contributed by atoms with Gasteiger partial charge in [-0.1, -0.05) is 24.6 Å². The molecule has 5 nitrogen and oxygen atoms in total. The number of fused-ring (bicyclic) bond motifs is 2. The van der Waals surface area contributed by atoms with Crippen LogP contribution in [0.1, 0.15) is 43.2 Å². The third-order valence-corrected chi connectivity index (χ3v) is 7.30. The average molecular weight is 385 g/mol. The number of hydrogen-bond donors (Lipinski definition) is 2. The SMILES string of the molecule is Cc1cccc(C)c1NC(=O)C[NH+]1CCN(C(=O)C[C@@H]2C[C@H]3CC[C@@H]2C3)CC1. The van der Waals surface area contributed by atoms with Crippen molar-refractivity contribution in [3.05, 3.63) is 29.3 Å². The van der Waals surface area contributed by atoms with Gasteiger partial charge in [0, 0.05) is 12.1 Å². The summed E-state index contributed by atoms with van der Waals surface area (Å²) >= 11 is 0. The molecule has 0 aromatic heterocycles. The summed E-state index contributed by atoms with van der Waals surface area (Å²) in [6.07, 6.45) is 6.13. The molecule has 1 heterocycles. The van der Waals surface area contributed by atoms with Crippen molar-refractivity contribution in [2.24, 2.45) is 17.8 Å². The Morgan fingerprint density at radius 3 is 2.43 bits per heavy atom. The highest BCUT2D eigenvalue weighted by atomic mass is 16.2. The molecule has 1 saturated heterocycles. The van der Waals surface area contributed by atoms with Crippen molar-refractivity contribution in [1.29, 1.82) is 0 Å². The maximum absolute atomic E-state index is 12.7.